The Balaban J connectivity index is 1.37. The van der Waals surface area contributed by atoms with E-state index in [1.807, 2.05) is 32.0 Å². The van der Waals surface area contributed by atoms with Gasteiger partial charge in [-0.15, -0.1) is 0 Å². The minimum absolute atomic E-state index is 0.114. The van der Waals surface area contributed by atoms with E-state index in [1.165, 1.54) is 5.56 Å². The maximum atomic E-state index is 12.1. The highest BCUT2D eigenvalue weighted by molar-refractivity contribution is 5.97. The van der Waals surface area contributed by atoms with Gasteiger partial charge in [0.25, 0.3) is 5.91 Å². The molecule has 1 aliphatic heterocycles. The first-order valence-corrected chi connectivity index (χ1v) is 8.67. The van der Waals surface area contributed by atoms with Gasteiger partial charge in [0, 0.05) is 5.56 Å². The van der Waals surface area contributed by atoms with Gasteiger partial charge in [0.15, 0.2) is 11.5 Å². The van der Waals surface area contributed by atoms with Crippen molar-refractivity contribution < 1.29 is 23.8 Å². The summed E-state index contributed by atoms with van der Waals surface area (Å²) < 4.78 is 16.1. The van der Waals surface area contributed by atoms with Crippen molar-refractivity contribution in [2.45, 2.75) is 13.8 Å². The Bertz CT molecular complexity index is 850. The SMILES string of the molecule is Cc1ccc(OCCNC(=O)CNC(=O)c2ccc3c(c2)OCO3)c(C)c1. The van der Waals surface area contributed by atoms with Crippen molar-refractivity contribution in [2.75, 3.05) is 26.5 Å². The molecule has 0 saturated heterocycles. The average molecular weight is 370 g/mol. The van der Waals surface area contributed by atoms with Crippen LogP contribution in [-0.2, 0) is 4.79 Å². The Morgan fingerprint density at radius 2 is 1.85 bits per heavy atom. The summed E-state index contributed by atoms with van der Waals surface area (Å²) in [5, 5.41) is 5.28. The highest BCUT2D eigenvalue weighted by Crippen LogP contribution is 2.32. The van der Waals surface area contributed by atoms with E-state index in [1.54, 1.807) is 18.2 Å². The lowest BCUT2D eigenvalue weighted by molar-refractivity contribution is -0.120. The topological polar surface area (TPSA) is 85.9 Å². The molecule has 0 saturated carbocycles. The molecule has 142 valence electrons. The first-order valence-electron chi connectivity index (χ1n) is 8.67. The minimum atomic E-state index is -0.352. The van der Waals surface area contributed by atoms with Gasteiger partial charge in [-0.25, -0.2) is 0 Å². The van der Waals surface area contributed by atoms with Crippen LogP contribution in [0, 0.1) is 13.8 Å². The van der Waals surface area contributed by atoms with Crippen molar-refractivity contribution in [1.29, 1.82) is 0 Å². The number of hydrogen-bond acceptors (Lipinski definition) is 5. The number of fused-ring (bicyclic) bond motifs is 1. The zero-order chi connectivity index (χ0) is 19.2. The monoisotopic (exact) mass is 370 g/mol. The van der Waals surface area contributed by atoms with E-state index in [2.05, 4.69) is 10.6 Å². The molecule has 0 radical (unpaired) electrons. The van der Waals surface area contributed by atoms with E-state index in [4.69, 9.17) is 14.2 Å². The van der Waals surface area contributed by atoms with Gasteiger partial charge in [-0.2, -0.15) is 0 Å². The fourth-order valence-corrected chi connectivity index (χ4v) is 2.68. The molecular weight excluding hydrogens is 348 g/mol. The van der Waals surface area contributed by atoms with Crippen LogP contribution in [0.5, 0.6) is 17.2 Å². The summed E-state index contributed by atoms with van der Waals surface area (Å²) in [6, 6.07) is 10.8. The molecule has 0 aromatic heterocycles. The maximum Gasteiger partial charge on any atom is 0.251 e. The molecule has 7 heteroatoms. The Labute approximate surface area is 157 Å². The van der Waals surface area contributed by atoms with Crippen LogP contribution in [0.25, 0.3) is 0 Å². The second kappa shape index (κ2) is 8.44. The van der Waals surface area contributed by atoms with Gasteiger partial charge < -0.3 is 24.8 Å². The maximum absolute atomic E-state index is 12.1. The first kappa shape index (κ1) is 18.6. The predicted octanol–water partition coefficient (Wildman–Crippen LogP) is 1.96. The Hall–Kier alpha value is -3.22. The molecule has 2 N–H and O–H groups in total. The lowest BCUT2D eigenvalue weighted by atomic mass is 10.1. The van der Waals surface area contributed by atoms with Gasteiger partial charge in [-0.1, -0.05) is 17.7 Å². The van der Waals surface area contributed by atoms with E-state index in [0.717, 1.165) is 11.3 Å². The molecule has 2 aromatic rings. The van der Waals surface area contributed by atoms with Crippen LogP contribution in [0.15, 0.2) is 36.4 Å². The quantitative estimate of drug-likeness (QED) is 0.728. The van der Waals surface area contributed by atoms with Gasteiger partial charge in [-0.3, -0.25) is 9.59 Å². The molecule has 0 spiro atoms. The molecule has 0 bridgehead atoms. The van der Waals surface area contributed by atoms with Crippen molar-refractivity contribution in [3.63, 3.8) is 0 Å². The predicted molar refractivity (Wildman–Crippen MR) is 99.3 cm³/mol. The number of aryl methyl sites for hydroxylation is 2. The number of hydrogen-bond donors (Lipinski definition) is 2. The molecule has 0 atom stereocenters. The second-order valence-electron chi connectivity index (χ2n) is 6.22. The molecular formula is C20H22N2O5. The third kappa shape index (κ3) is 4.91. The molecule has 3 rings (SSSR count). The van der Waals surface area contributed by atoms with Gasteiger partial charge in [0.1, 0.15) is 12.4 Å². The molecule has 0 fully saturated rings. The molecule has 0 unspecified atom stereocenters. The third-order valence-corrected chi connectivity index (χ3v) is 4.06. The number of amides is 2. The van der Waals surface area contributed by atoms with Crippen molar-refractivity contribution in [3.05, 3.63) is 53.1 Å². The Morgan fingerprint density at radius 1 is 1.04 bits per heavy atom. The van der Waals surface area contributed by atoms with E-state index in [9.17, 15) is 9.59 Å². The first-order chi connectivity index (χ1) is 13.0. The largest absolute Gasteiger partial charge is 0.491 e. The standard InChI is InChI=1S/C20H22N2O5/c1-13-3-5-16(14(2)9-13)25-8-7-21-19(23)11-22-20(24)15-4-6-17-18(10-15)27-12-26-17/h3-6,9-10H,7-8,11-12H2,1-2H3,(H,21,23)(H,22,24). The summed E-state index contributed by atoms with van der Waals surface area (Å²) >= 11 is 0. The zero-order valence-electron chi connectivity index (χ0n) is 15.3. The van der Waals surface area contributed by atoms with Gasteiger partial charge in [-0.05, 0) is 43.7 Å². The van der Waals surface area contributed by atoms with Crippen molar-refractivity contribution in [3.8, 4) is 17.2 Å². The van der Waals surface area contributed by atoms with Crippen molar-refractivity contribution >= 4 is 11.8 Å². The summed E-state index contributed by atoms with van der Waals surface area (Å²) in [5.74, 6) is 1.29. The molecule has 0 aliphatic carbocycles. The van der Waals surface area contributed by atoms with E-state index < -0.39 is 0 Å². The fraction of sp³-hybridized carbons (Fsp3) is 0.300. The Morgan fingerprint density at radius 3 is 2.67 bits per heavy atom. The number of carbonyl (C=O) groups is 2. The number of rotatable bonds is 7. The number of benzene rings is 2. The van der Waals surface area contributed by atoms with Crippen LogP contribution < -0.4 is 24.8 Å². The van der Waals surface area contributed by atoms with E-state index >= 15 is 0 Å². The van der Waals surface area contributed by atoms with Gasteiger partial charge in [0.05, 0.1) is 13.1 Å². The molecule has 2 amide bonds. The minimum Gasteiger partial charge on any atom is -0.491 e. The summed E-state index contributed by atoms with van der Waals surface area (Å²) in [5.41, 5.74) is 2.63. The highest BCUT2D eigenvalue weighted by Gasteiger charge is 2.16. The van der Waals surface area contributed by atoms with Crippen LogP contribution >= 0.6 is 0 Å². The summed E-state index contributed by atoms with van der Waals surface area (Å²) in [7, 11) is 0. The molecule has 1 aliphatic rings. The number of carbonyl (C=O) groups excluding carboxylic acids is 2. The fourth-order valence-electron chi connectivity index (χ4n) is 2.68. The summed E-state index contributed by atoms with van der Waals surface area (Å²) in [6.45, 7) is 4.74. The zero-order valence-corrected chi connectivity index (χ0v) is 15.3. The van der Waals surface area contributed by atoms with Gasteiger partial charge >= 0.3 is 0 Å². The third-order valence-electron chi connectivity index (χ3n) is 4.06. The van der Waals surface area contributed by atoms with Gasteiger partial charge in [0.2, 0.25) is 12.7 Å². The number of ether oxygens (including phenoxy) is 3. The summed E-state index contributed by atoms with van der Waals surface area (Å²) in [6.07, 6.45) is 0. The molecule has 7 nitrogen and oxygen atoms in total. The molecule has 2 aromatic carbocycles. The average Bonchev–Trinajstić information content (AvgIpc) is 3.12. The van der Waals surface area contributed by atoms with E-state index in [0.29, 0.717) is 30.2 Å². The van der Waals surface area contributed by atoms with Crippen molar-refractivity contribution in [2.24, 2.45) is 0 Å². The Kier molecular flexibility index (Phi) is 5.80. The smallest absolute Gasteiger partial charge is 0.251 e. The number of nitrogens with one attached hydrogen (secondary N) is 2. The van der Waals surface area contributed by atoms with Crippen LogP contribution in [0.1, 0.15) is 21.5 Å². The molecule has 1 heterocycles. The van der Waals surface area contributed by atoms with Crippen LogP contribution in [-0.4, -0.2) is 38.3 Å². The molecule has 27 heavy (non-hydrogen) atoms. The lowest BCUT2D eigenvalue weighted by Crippen LogP contribution is -2.38. The second-order valence-corrected chi connectivity index (χ2v) is 6.22. The van der Waals surface area contributed by atoms with Crippen molar-refractivity contribution in [1.82, 2.24) is 10.6 Å². The van der Waals surface area contributed by atoms with E-state index in [-0.39, 0.29) is 25.2 Å². The lowest BCUT2D eigenvalue weighted by Gasteiger charge is -2.11. The summed E-state index contributed by atoms with van der Waals surface area (Å²) in [4.78, 5) is 24.0. The van der Waals surface area contributed by atoms with Crippen LogP contribution in [0.3, 0.4) is 0 Å². The highest BCUT2D eigenvalue weighted by atomic mass is 16.7. The normalized spacial score (nSPS) is 11.8. The van der Waals surface area contributed by atoms with Crippen LogP contribution in [0.4, 0.5) is 0 Å². The van der Waals surface area contributed by atoms with Crippen LogP contribution in [0.2, 0.25) is 0 Å².